The average molecular weight is 293 g/mol. The summed E-state index contributed by atoms with van der Waals surface area (Å²) >= 11 is 3.43. The summed E-state index contributed by atoms with van der Waals surface area (Å²) in [4.78, 5) is 0. The van der Waals surface area contributed by atoms with Crippen molar-refractivity contribution < 1.29 is 13.2 Å². The minimum absolute atomic E-state index is 0.0944. The van der Waals surface area contributed by atoms with Crippen molar-refractivity contribution in [3.63, 3.8) is 0 Å². The Morgan fingerprint density at radius 3 is 1.86 bits per heavy atom. The molecule has 0 aliphatic heterocycles. The lowest BCUT2D eigenvalue weighted by molar-refractivity contribution is -0.0328. The van der Waals surface area contributed by atoms with E-state index in [2.05, 4.69) is 15.9 Å². The van der Waals surface area contributed by atoms with Gasteiger partial charge in [0.15, 0.2) is 0 Å². The van der Waals surface area contributed by atoms with Crippen LogP contribution in [0.15, 0.2) is 0 Å². The zero-order valence-electron chi connectivity index (χ0n) is 8.08. The van der Waals surface area contributed by atoms with Crippen molar-refractivity contribution in [3.05, 3.63) is 0 Å². The third-order valence-electron chi connectivity index (χ3n) is 1.79. The van der Waals surface area contributed by atoms with E-state index in [0.717, 1.165) is 31.0 Å². The van der Waals surface area contributed by atoms with Gasteiger partial charge in [0.25, 0.3) is 0 Å². The molecule has 0 fully saturated rings. The summed E-state index contributed by atoms with van der Waals surface area (Å²) in [6.07, 6.45) is 6.15. The predicted molar refractivity (Wildman–Crippen MR) is 60.0 cm³/mol. The second kappa shape index (κ2) is 8.89. The molecule has 14 heavy (non-hydrogen) atoms. The lowest BCUT2D eigenvalue weighted by Gasteiger charge is -2.04. The second-order valence-corrected chi connectivity index (χ2v) is 5.06. The van der Waals surface area contributed by atoms with Crippen molar-refractivity contribution in [2.45, 2.75) is 44.0 Å². The smallest absolute Gasteiger partial charge is 0.160 e. The van der Waals surface area contributed by atoms with Crippen molar-refractivity contribution in [1.82, 2.24) is 0 Å². The van der Waals surface area contributed by atoms with Crippen LogP contribution in [-0.2, 0) is 0 Å². The quantitative estimate of drug-likeness (QED) is 0.449. The minimum atomic E-state index is -4.05. The van der Waals surface area contributed by atoms with E-state index < -0.39 is 5.51 Å². The molecule has 0 amide bonds. The minimum Gasteiger partial charge on any atom is -0.160 e. The van der Waals surface area contributed by atoms with Crippen LogP contribution >= 0.6 is 27.7 Å². The van der Waals surface area contributed by atoms with Gasteiger partial charge in [-0.15, -0.1) is 0 Å². The molecule has 0 spiro atoms. The van der Waals surface area contributed by atoms with Gasteiger partial charge < -0.3 is 0 Å². The standard InChI is InChI=1S/C9H16BrF3S/c10-7-5-3-1-2-4-6-8-14-9(11,12)13/h1-8H2. The second-order valence-electron chi connectivity index (χ2n) is 3.10. The summed E-state index contributed by atoms with van der Waals surface area (Å²) < 4.78 is 35.1. The van der Waals surface area contributed by atoms with Gasteiger partial charge in [0, 0.05) is 11.1 Å². The van der Waals surface area contributed by atoms with Crippen LogP contribution in [0.1, 0.15) is 38.5 Å². The van der Waals surface area contributed by atoms with Gasteiger partial charge >= 0.3 is 5.51 Å². The molecule has 0 aromatic carbocycles. The van der Waals surface area contributed by atoms with E-state index in [4.69, 9.17) is 0 Å². The summed E-state index contributed by atoms with van der Waals surface area (Å²) in [6, 6.07) is 0. The van der Waals surface area contributed by atoms with Gasteiger partial charge in [-0.3, -0.25) is 0 Å². The highest BCUT2D eigenvalue weighted by Crippen LogP contribution is 2.30. The third-order valence-corrected chi connectivity index (χ3v) is 3.17. The molecule has 0 aromatic rings. The van der Waals surface area contributed by atoms with Crippen LogP contribution in [0.5, 0.6) is 0 Å². The van der Waals surface area contributed by atoms with Crippen LogP contribution in [0.25, 0.3) is 0 Å². The van der Waals surface area contributed by atoms with Crippen LogP contribution in [0, 0.1) is 0 Å². The Morgan fingerprint density at radius 2 is 1.36 bits per heavy atom. The average Bonchev–Trinajstić information content (AvgIpc) is 2.08. The fraction of sp³-hybridized carbons (Fsp3) is 1.00. The van der Waals surface area contributed by atoms with Crippen LogP contribution in [0.4, 0.5) is 13.2 Å². The van der Waals surface area contributed by atoms with Crippen molar-refractivity contribution >= 4 is 27.7 Å². The molecular weight excluding hydrogens is 277 g/mol. The van der Waals surface area contributed by atoms with Gasteiger partial charge in [0.2, 0.25) is 0 Å². The molecule has 0 saturated carbocycles. The fourth-order valence-corrected chi connectivity index (χ4v) is 2.07. The van der Waals surface area contributed by atoms with Gasteiger partial charge in [-0.05, 0) is 12.8 Å². The number of halogens is 4. The van der Waals surface area contributed by atoms with E-state index in [9.17, 15) is 13.2 Å². The molecule has 0 radical (unpaired) electrons. The Labute approximate surface area is 96.1 Å². The molecule has 0 unspecified atom stereocenters. The molecule has 0 heterocycles. The zero-order valence-corrected chi connectivity index (χ0v) is 10.5. The Morgan fingerprint density at radius 1 is 0.857 bits per heavy atom. The molecule has 86 valence electrons. The van der Waals surface area contributed by atoms with Crippen molar-refractivity contribution in [2.75, 3.05) is 11.1 Å². The number of hydrogen-bond acceptors (Lipinski definition) is 1. The van der Waals surface area contributed by atoms with E-state index in [0.29, 0.717) is 6.42 Å². The normalized spacial score (nSPS) is 12.0. The molecule has 0 atom stereocenters. The molecule has 0 saturated heterocycles. The molecule has 0 N–H and O–H groups in total. The SMILES string of the molecule is FC(F)(F)SCCCCCCCCBr. The van der Waals surface area contributed by atoms with Crippen molar-refractivity contribution in [2.24, 2.45) is 0 Å². The summed E-state index contributed by atoms with van der Waals surface area (Å²) in [5.74, 6) is 0.210. The first-order chi connectivity index (χ1) is 6.56. The summed E-state index contributed by atoms with van der Waals surface area (Å²) in [5.41, 5.74) is -4.05. The third kappa shape index (κ3) is 12.6. The highest BCUT2D eigenvalue weighted by molar-refractivity contribution is 9.09. The first-order valence-electron chi connectivity index (χ1n) is 4.83. The van der Waals surface area contributed by atoms with Gasteiger partial charge in [-0.2, -0.15) is 13.2 Å². The van der Waals surface area contributed by atoms with Crippen molar-refractivity contribution in [3.8, 4) is 0 Å². The molecule has 5 heteroatoms. The molecule has 0 aromatic heterocycles. The van der Waals surface area contributed by atoms with Crippen LogP contribution < -0.4 is 0 Å². The number of rotatable bonds is 8. The summed E-state index contributed by atoms with van der Waals surface area (Å²) in [6.45, 7) is 0. The maximum atomic E-state index is 11.7. The van der Waals surface area contributed by atoms with Crippen LogP contribution in [0.3, 0.4) is 0 Å². The maximum Gasteiger partial charge on any atom is 0.441 e. The molecule has 0 rings (SSSR count). The summed E-state index contributed by atoms with van der Waals surface area (Å²) in [7, 11) is 0. The number of alkyl halides is 4. The monoisotopic (exact) mass is 292 g/mol. The Bertz CT molecular complexity index is 128. The topological polar surface area (TPSA) is 0 Å². The highest BCUT2D eigenvalue weighted by atomic mass is 79.9. The number of thioether (sulfide) groups is 1. The molecular formula is C9H16BrF3S. The Hall–Kier alpha value is 0.620. The van der Waals surface area contributed by atoms with Gasteiger partial charge in [0.05, 0.1) is 0 Å². The van der Waals surface area contributed by atoms with Crippen molar-refractivity contribution in [1.29, 1.82) is 0 Å². The van der Waals surface area contributed by atoms with Gasteiger partial charge in [-0.1, -0.05) is 53.4 Å². The number of hydrogen-bond donors (Lipinski definition) is 0. The zero-order chi connectivity index (χ0) is 10.9. The maximum absolute atomic E-state index is 11.7. The number of unbranched alkanes of at least 4 members (excludes halogenated alkanes) is 5. The van der Waals surface area contributed by atoms with Gasteiger partial charge in [-0.25, -0.2) is 0 Å². The van der Waals surface area contributed by atoms with E-state index in [1.807, 2.05) is 0 Å². The molecule has 0 nitrogen and oxygen atoms in total. The predicted octanol–water partition coefficient (Wildman–Crippen LogP) is 4.97. The highest BCUT2D eigenvalue weighted by Gasteiger charge is 2.27. The first kappa shape index (κ1) is 14.6. The molecule has 0 aliphatic carbocycles. The van der Waals surface area contributed by atoms with E-state index in [1.165, 1.54) is 6.42 Å². The summed E-state index contributed by atoms with van der Waals surface area (Å²) in [5, 5.41) is 1.02. The largest absolute Gasteiger partial charge is 0.441 e. The Kier molecular flexibility index (Phi) is 9.28. The van der Waals surface area contributed by atoms with Crippen LogP contribution in [0.2, 0.25) is 0 Å². The van der Waals surface area contributed by atoms with E-state index in [1.54, 1.807) is 0 Å². The lowest BCUT2D eigenvalue weighted by atomic mass is 10.1. The van der Waals surface area contributed by atoms with E-state index >= 15 is 0 Å². The fourth-order valence-electron chi connectivity index (χ4n) is 1.09. The lowest BCUT2D eigenvalue weighted by Crippen LogP contribution is -2.01. The van der Waals surface area contributed by atoms with E-state index in [-0.39, 0.29) is 17.5 Å². The Balaban J connectivity index is 2.99. The molecule has 0 bridgehead atoms. The first-order valence-corrected chi connectivity index (χ1v) is 6.93. The molecule has 0 aliphatic rings. The van der Waals surface area contributed by atoms with Gasteiger partial charge in [0.1, 0.15) is 0 Å². The van der Waals surface area contributed by atoms with Crippen LogP contribution in [-0.4, -0.2) is 16.6 Å².